The molecule has 0 unspecified atom stereocenters. The van der Waals surface area contributed by atoms with Gasteiger partial charge in [-0.2, -0.15) is 0 Å². The second kappa shape index (κ2) is 6.49. The number of nitrogens with two attached hydrogens (primary N) is 1. The van der Waals surface area contributed by atoms with Crippen LogP contribution in [0.1, 0.15) is 19.2 Å². The summed E-state index contributed by atoms with van der Waals surface area (Å²) in [6.45, 7) is 5.19. The minimum absolute atomic E-state index is 0.612. The summed E-state index contributed by atoms with van der Waals surface area (Å²) in [5.41, 5.74) is 5.53. The van der Waals surface area contributed by atoms with Crippen molar-refractivity contribution in [3.63, 3.8) is 0 Å². The van der Waals surface area contributed by atoms with Crippen LogP contribution in [0.2, 0.25) is 0 Å². The van der Waals surface area contributed by atoms with Crippen molar-refractivity contribution >= 4 is 11.8 Å². The van der Waals surface area contributed by atoms with Crippen LogP contribution < -0.4 is 5.73 Å². The van der Waals surface area contributed by atoms with Crippen molar-refractivity contribution in [3.8, 4) is 11.8 Å². The first-order chi connectivity index (χ1) is 7.29. The molecule has 0 fully saturated rings. The smallest absolute Gasteiger partial charge is 0.191 e. The quantitative estimate of drug-likeness (QED) is 0.461. The van der Waals surface area contributed by atoms with Crippen LogP contribution in [-0.4, -0.2) is 27.1 Å². The molecule has 5 heteroatoms. The summed E-state index contributed by atoms with van der Waals surface area (Å²) in [5.74, 6) is 7.77. The Labute approximate surface area is 94.6 Å². The van der Waals surface area contributed by atoms with Gasteiger partial charge in [0.05, 0.1) is 0 Å². The molecule has 2 N–H and O–H groups in total. The van der Waals surface area contributed by atoms with Gasteiger partial charge >= 0.3 is 0 Å². The maximum Gasteiger partial charge on any atom is 0.191 e. The molecule has 1 aromatic heterocycles. The van der Waals surface area contributed by atoms with Crippen molar-refractivity contribution in [2.45, 2.75) is 32.0 Å². The molecule has 0 aromatic carbocycles. The topological polar surface area (TPSA) is 56.7 Å². The number of rotatable bonds is 5. The number of thioether (sulfide) groups is 1. The van der Waals surface area contributed by atoms with Crippen LogP contribution in [0.5, 0.6) is 0 Å². The molecule has 1 rings (SSSR count). The Morgan fingerprint density at radius 2 is 2.27 bits per heavy atom. The first kappa shape index (κ1) is 12.1. The van der Waals surface area contributed by atoms with Crippen molar-refractivity contribution in [2.75, 3.05) is 12.3 Å². The fourth-order valence-electron chi connectivity index (χ4n) is 1.17. The highest BCUT2D eigenvalue weighted by Crippen LogP contribution is 2.16. The van der Waals surface area contributed by atoms with Gasteiger partial charge in [0.1, 0.15) is 5.82 Å². The summed E-state index contributed by atoms with van der Waals surface area (Å²) >= 11 is 1.68. The lowest BCUT2D eigenvalue weighted by atomic mass is 10.5. The molecule has 0 amide bonds. The van der Waals surface area contributed by atoms with Crippen LogP contribution in [0.15, 0.2) is 5.16 Å². The molecule has 0 radical (unpaired) electrons. The van der Waals surface area contributed by atoms with E-state index in [1.807, 2.05) is 18.4 Å². The Kier molecular flexibility index (Phi) is 5.22. The largest absolute Gasteiger partial charge is 0.329 e. The molecule has 1 aromatic rings. The van der Waals surface area contributed by atoms with Crippen molar-refractivity contribution in [1.82, 2.24) is 14.8 Å². The van der Waals surface area contributed by atoms with Gasteiger partial charge in [0.25, 0.3) is 0 Å². The molecule has 0 bridgehead atoms. The molecular formula is C10H16N4S. The van der Waals surface area contributed by atoms with Crippen molar-refractivity contribution in [1.29, 1.82) is 0 Å². The molecule has 0 atom stereocenters. The lowest BCUT2D eigenvalue weighted by Gasteiger charge is -2.04. The van der Waals surface area contributed by atoms with E-state index in [4.69, 9.17) is 5.73 Å². The second-order valence-corrected chi connectivity index (χ2v) is 4.06. The molecule has 0 spiro atoms. The molecule has 0 aliphatic rings. The third-order valence-corrected chi connectivity index (χ3v) is 2.86. The standard InChI is InChI=1S/C10H16N4S/c1-3-4-5-8-15-10-13-12-9(2)14(10)7-6-11/h5-8,11H2,1-2H3. The normalized spacial score (nSPS) is 9.80. The molecule has 1 heterocycles. The third kappa shape index (κ3) is 3.57. The average Bonchev–Trinajstić information content (AvgIpc) is 2.57. The van der Waals surface area contributed by atoms with E-state index in [2.05, 4.69) is 22.0 Å². The Bertz CT molecular complexity index is 361. The Morgan fingerprint density at radius 1 is 1.47 bits per heavy atom. The maximum absolute atomic E-state index is 5.53. The van der Waals surface area contributed by atoms with Gasteiger partial charge < -0.3 is 10.3 Å². The second-order valence-electron chi connectivity index (χ2n) is 3.00. The number of hydrogen-bond acceptors (Lipinski definition) is 4. The number of aromatic nitrogens is 3. The summed E-state index contributed by atoms with van der Waals surface area (Å²) in [7, 11) is 0. The third-order valence-electron chi connectivity index (χ3n) is 1.89. The zero-order valence-corrected chi connectivity index (χ0v) is 9.97. The molecule has 0 aliphatic heterocycles. The summed E-state index contributed by atoms with van der Waals surface area (Å²) in [6, 6.07) is 0. The highest BCUT2D eigenvalue weighted by atomic mass is 32.2. The van der Waals surface area contributed by atoms with Crippen LogP contribution in [-0.2, 0) is 6.54 Å². The average molecular weight is 224 g/mol. The van der Waals surface area contributed by atoms with E-state index in [1.165, 1.54) is 0 Å². The summed E-state index contributed by atoms with van der Waals surface area (Å²) in [5, 5.41) is 9.08. The van der Waals surface area contributed by atoms with Gasteiger partial charge in [-0.15, -0.1) is 22.0 Å². The van der Waals surface area contributed by atoms with E-state index in [0.29, 0.717) is 6.54 Å². The van der Waals surface area contributed by atoms with E-state index >= 15 is 0 Å². The zero-order chi connectivity index (χ0) is 11.1. The van der Waals surface area contributed by atoms with Gasteiger partial charge in [0, 0.05) is 25.3 Å². The van der Waals surface area contributed by atoms with Crippen LogP contribution in [0.4, 0.5) is 0 Å². The van der Waals surface area contributed by atoms with Crippen LogP contribution in [0.3, 0.4) is 0 Å². The van der Waals surface area contributed by atoms with Crippen molar-refractivity contribution in [3.05, 3.63) is 5.82 Å². The summed E-state index contributed by atoms with van der Waals surface area (Å²) in [4.78, 5) is 0. The van der Waals surface area contributed by atoms with E-state index in [0.717, 1.165) is 29.7 Å². The SMILES string of the molecule is CC#CCCSc1nnc(C)n1CCN. The van der Waals surface area contributed by atoms with Gasteiger partial charge in [-0.05, 0) is 13.8 Å². The Balaban J connectivity index is 2.54. The predicted octanol–water partition coefficient (Wildman–Crippen LogP) is 1.05. The highest BCUT2D eigenvalue weighted by molar-refractivity contribution is 7.99. The maximum atomic E-state index is 5.53. The fourth-order valence-corrected chi connectivity index (χ4v) is 2.04. The van der Waals surface area contributed by atoms with E-state index < -0.39 is 0 Å². The predicted molar refractivity (Wildman–Crippen MR) is 62.6 cm³/mol. The molecule has 82 valence electrons. The zero-order valence-electron chi connectivity index (χ0n) is 9.16. The highest BCUT2D eigenvalue weighted by Gasteiger charge is 2.07. The van der Waals surface area contributed by atoms with E-state index in [1.54, 1.807) is 11.8 Å². The van der Waals surface area contributed by atoms with Gasteiger partial charge in [0.15, 0.2) is 5.16 Å². The fraction of sp³-hybridized carbons (Fsp3) is 0.600. The molecule has 0 aliphatic carbocycles. The van der Waals surface area contributed by atoms with Gasteiger partial charge in [-0.25, -0.2) is 0 Å². The van der Waals surface area contributed by atoms with Gasteiger partial charge in [-0.1, -0.05) is 11.8 Å². The molecule has 4 nitrogen and oxygen atoms in total. The minimum Gasteiger partial charge on any atom is -0.329 e. The number of nitrogens with zero attached hydrogens (tertiary/aromatic N) is 3. The number of hydrogen-bond donors (Lipinski definition) is 1. The molecule has 15 heavy (non-hydrogen) atoms. The molecule has 0 saturated carbocycles. The van der Waals surface area contributed by atoms with Crippen LogP contribution in [0, 0.1) is 18.8 Å². The van der Waals surface area contributed by atoms with E-state index in [-0.39, 0.29) is 0 Å². The lowest BCUT2D eigenvalue weighted by molar-refractivity contribution is 0.627. The van der Waals surface area contributed by atoms with Crippen molar-refractivity contribution < 1.29 is 0 Å². The van der Waals surface area contributed by atoms with Crippen molar-refractivity contribution in [2.24, 2.45) is 5.73 Å². The first-order valence-corrected chi connectivity index (χ1v) is 5.90. The van der Waals surface area contributed by atoms with Crippen LogP contribution in [0.25, 0.3) is 0 Å². The first-order valence-electron chi connectivity index (χ1n) is 4.92. The number of aryl methyl sites for hydroxylation is 1. The van der Waals surface area contributed by atoms with Gasteiger partial charge in [-0.3, -0.25) is 0 Å². The monoisotopic (exact) mass is 224 g/mol. The molecular weight excluding hydrogens is 208 g/mol. The summed E-state index contributed by atoms with van der Waals surface area (Å²) in [6.07, 6.45) is 0.885. The van der Waals surface area contributed by atoms with Crippen LogP contribution >= 0.6 is 11.8 Å². The Morgan fingerprint density at radius 3 is 2.93 bits per heavy atom. The Hall–Kier alpha value is -0.990. The van der Waals surface area contributed by atoms with Gasteiger partial charge in [0.2, 0.25) is 0 Å². The minimum atomic E-state index is 0.612. The van der Waals surface area contributed by atoms with E-state index in [9.17, 15) is 0 Å². The molecule has 0 saturated heterocycles. The lowest BCUT2D eigenvalue weighted by Crippen LogP contribution is -2.12. The summed E-state index contributed by atoms with van der Waals surface area (Å²) < 4.78 is 2.05.